The summed E-state index contributed by atoms with van der Waals surface area (Å²) in [5, 5.41) is 4.02. The van der Waals surface area contributed by atoms with E-state index in [0.29, 0.717) is 23.2 Å². The highest BCUT2D eigenvalue weighted by molar-refractivity contribution is 7.22. The van der Waals surface area contributed by atoms with Crippen LogP contribution in [0.1, 0.15) is 17.5 Å². The Labute approximate surface area is 166 Å². The summed E-state index contributed by atoms with van der Waals surface area (Å²) in [6, 6.07) is 13.5. The minimum absolute atomic E-state index is 0.00630. The Balaban J connectivity index is 1.41. The van der Waals surface area contributed by atoms with Crippen molar-refractivity contribution in [2.75, 3.05) is 11.9 Å². The van der Waals surface area contributed by atoms with Gasteiger partial charge in [-0.2, -0.15) is 0 Å². The molecule has 1 aliphatic heterocycles. The number of carbonyl (C=O) groups excluding carboxylic acids is 2. The first-order valence-corrected chi connectivity index (χ1v) is 9.87. The zero-order valence-corrected chi connectivity index (χ0v) is 16.3. The van der Waals surface area contributed by atoms with E-state index in [2.05, 4.69) is 10.3 Å². The fourth-order valence-corrected chi connectivity index (χ4v) is 4.32. The first-order chi connectivity index (χ1) is 13.0. The van der Waals surface area contributed by atoms with E-state index in [1.165, 1.54) is 16.9 Å². The number of likely N-dealkylation sites (tertiary alicyclic amines) is 1. The molecule has 0 saturated carbocycles. The molecule has 0 unspecified atom stereocenters. The van der Waals surface area contributed by atoms with Crippen LogP contribution in [0.3, 0.4) is 0 Å². The van der Waals surface area contributed by atoms with Gasteiger partial charge in [0, 0.05) is 24.5 Å². The number of carbonyl (C=O) groups is 2. The monoisotopic (exact) mass is 399 g/mol. The van der Waals surface area contributed by atoms with E-state index in [4.69, 9.17) is 11.6 Å². The summed E-state index contributed by atoms with van der Waals surface area (Å²) in [4.78, 5) is 31.1. The highest BCUT2D eigenvalue weighted by Crippen LogP contribution is 2.29. The summed E-state index contributed by atoms with van der Waals surface area (Å²) in [5.41, 5.74) is 3.04. The number of thiazole rings is 1. The van der Waals surface area contributed by atoms with Crippen molar-refractivity contribution in [3.8, 4) is 0 Å². The number of rotatable bonds is 4. The van der Waals surface area contributed by atoms with Crippen LogP contribution in [0.2, 0.25) is 5.02 Å². The zero-order valence-electron chi connectivity index (χ0n) is 14.7. The molecule has 1 fully saturated rings. The number of nitrogens with zero attached hydrogens (tertiary/aromatic N) is 2. The van der Waals surface area contributed by atoms with E-state index in [1.807, 2.05) is 43.3 Å². The maximum absolute atomic E-state index is 12.6. The van der Waals surface area contributed by atoms with Crippen LogP contribution in [0.25, 0.3) is 10.2 Å². The normalized spacial score (nSPS) is 16.9. The van der Waals surface area contributed by atoms with Gasteiger partial charge in [-0.3, -0.25) is 9.59 Å². The van der Waals surface area contributed by atoms with Gasteiger partial charge in [0.1, 0.15) is 0 Å². The summed E-state index contributed by atoms with van der Waals surface area (Å²) in [6.45, 7) is 2.99. The summed E-state index contributed by atoms with van der Waals surface area (Å²) >= 11 is 7.37. The lowest BCUT2D eigenvalue weighted by Crippen LogP contribution is -2.28. The minimum Gasteiger partial charge on any atom is -0.338 e. The lowest BCUT2D eigenvalue weighted by atomic mass is 10.1. The number of hydrogen-bond donors (Lipinski definition) is 1. The van der Waals surface area contributed by atoms with Crippen LogP contribution in [0.15, 0.2) is 42.5 Å². The van der Waals surface area contributed by atoms with Gasteiger partial charge in [0.05, 0.1) is 16.1 Å². The van der Waals surface area contributed by atoms with Crippen molar-refractivity contribution < 1.29 is 9.59 Å². The number of fused-ring (bicyclic) bond motifs is 1. The van der Waals surface area contributed by atoms with Crippen LogP contribution in [0, 0.1) is 12.8 Å². The van der Waals surface area contributed by atoms with Crippen molar-refractivity contribution in [1.82, 2.24) is 9.88 Å². The van der Waals surface area contributed by atoms with Gasteiger partial charge in [-0.1, -0.05) is 52.8 Å². The van der Waals surface area contributed by atoms with E-state index in [0.717, 1.165) is 15.8 Å². The quantitative estimate of drug-likeness (QED) is 0.713. The number of anilines is 1. The average molecular weight is 400 g/mol. The van der Waals surface area contributed by atoms with Crippen LogP contribution in [0.4, 0.5) is 5.13 Å². The lowest BCUT2D eigenvalue weighted by molar-refractivity contribution is -0.128. The molecule has 2 heterocycles. The van der Waals surface area contributed by atoms with Crippen LogP contribution in [-0.2, 0) is 16.1 Å². The third-order valence-electron chi connectivity index (χ3n) is 4.66. The highest BCUT2D eigenvalue weighted by atomic mass is 35.5. The number of aryl methyl sites for hydroxylation is 1. The number of aromatic nitrogens is 1. The second-order valence-corrected chi connectivity index (χ2v) is 8.25. The third kappa shape index (κ3) is 3.96. The van der Waals surface area contributed by atoms with Crippen molar-refractivity contribution in [1.29, 1.82) is 0 Å². The molecule has 5 nitrogen and oxygen atoms in total. The Hall–Kier alpha value is -2.44. The summed E-state index contributed by atoms with van der Waals surface area (Å²) in [5.74, 6) is -0.523. The van der Waals surface area contributed by atoms with Gasteiger partial charge in [0.2, 0.25) is 11.8 Å². The largest absolute Gasteiger partial charge is 0.338 e. The van der Waals surface area contributed by atoms with Gasteiger partial charge in [-0.05, 0) is 30.7 Å². The summed E-state index contributed by atoms with van der Waals surface area (Å²) in [6.07, 6.45) is 0.231. The minimum atomic E-state index is -0.362. The molecule has 0 spiro atoms. The summed E-state index contributed by atoms with van der Waals surface area (Å²) in [7, 11) is 0. The van der Waals surface area contributed by atoms with Crippen molar-refractivity contribution in [2.45, 2.75) is 19.9 Å². The number of amides is 2. The Morgan fingerprint density at radius 3 is 2.85 bits per heavy atom. The van der Waals surface area contributed by atoms with Gasteiger partial charge in [-0.25, -0.2) is 4.98 Å². The molecule has 1 aromatic heterocycles. The molecule has 3 aromatic rings. The molecule has 4 rings (SSSR count). The molecular weight excluding hydrogens is 382 g/mol. The fraction of sp³-hybridized carbons (Fsp3) is 0.250. The average Bonchev–Trinajstić information content (AvgIpc) is 3.19. The Morgan fingerprint density at radius 1 is 1.30 bits per heavy atom. The van der Waals surface area contributed by atoms with E-state index in [1.54, 1.807) is 11.0 Å². The maximum atomic E-state index is 12.6. The molecule has 7 heteroatoms. The van der Waals surface area contributed by atoms with Crippen LogP contribution >= 0.6 is 22.9 Å². The molecule has 2 aromatic carbocycles. The molecule has 27 heavy (non-hydrogen) atoms. The number of halogens is 1. The third-order valence-corrected chi connectivity index (χ3v) is 5.83. The maximum Gasteiger partial charge on any atom is 0.231 e. The SMILES string of the molecule is Cc1ccc(CN2C[C@H](C(=O)Nc3nc4ccc(Cl)cc4s3)CC2=O)cc1. The number of benzene rings is 2. The molecule has 0 radical (unpaired) electrons. The van der Waals surface area contributed by atoms with Crippen molar-refractivity contribution in [2.24, 2.45) is 5.92 Å². The smallest absolute Gasteiger partial charge is 0.231 e. The van der Waals surface area contributed by atoms with Gasteiger partial charge in [0.15, 0.2) is 5.13 Å². The Morgan fingerprint density at radius 2 is 2.07 bits per heavy atom. The van der Waals surface area contributed by atoms with Crippen molar-refractivity contribution >= 4 is 50.1 Å². The van der Waals surface area contributed by atoms with E-state index >= 15 is 0 Å². The highest BCUT2D eigenvalue weighted by Gasteiger charge is 2.34. The molecule has 0 bridgehead atoms. The van der Waals surface area contributed by atoms with Crippen molar-refractivity contribution in [3.63, 3.8) is 0 Å². The van der Waals surface area contributed by atoms with E-state index in [-0.39, 0.29) is 24.2 Å². The Bertz CT molecular complexity index is 1020. The number of hydrogen-bond acceptors (Lipinski definition) is 4. The molecule has 2 amide bonds. The molecule has 1 N–H and O–H groups in total. The first-order valence-electron chi connectivity index (χ1n) is 8.68. The van der Waals surface area contributed by atoms with E-state index in [9.17, 15) is 9.59 Å². The van der Waals surface area contributed by atoms with Crippen molar-refractivity contribution in [3.05, 3.63) is 58.6 Å². The van der Waals surface area contributed by atoms with Crippen LogP contribution in [0.5, 0.6) is 0 Å². The predicted molar refractivity (Wildman–Crippen MR) is 108 cm³/mol. The predicted octanol–water partition coefficient (Wildman–Crippen LogP) is 4.25. The topological polar surface area (TPSA) is 62.3 Å². The molecule has 0 aliphatic carbocycles. The number of nitrogens with one attached hydrogen (secondary N) is 1. The standard InChI is InChI=1S/C20H18ClN3O2S/c1-12-2-4-13(5-3-12)10-24-11-14(8-18(24)25)19(26)23-20-22-16-7-6-15(21)9-17(16)27-20/h2-7,9,14H,8,10-11H2,1H3,(H,22,23,26)/t14-/m1/s1. The molecule has 1 aliphatic rings. The van der Waals surface area contributed by atoms with Crippen LogP contribution in [-0.4, -0.2) is 28.2 Å². The lowest BCUT2D eigenvalue weighted by Gasteiger charge is -2.16. The second kappa shape index (κ2) is 7.29. The molecule has 1 saturated heterocycles. The molecule has 138 valence electrons. The molecule has 1 atom stereocenters. The van der Waals surface area contributed by atoms with E-state index < -0.39 is 0 Å². The fourth-order valence-electron chi connectivity index (χ4n) is 3.17. The van der Waals surface area contributed by atoms with Gasteiger partial charge < -0.3 is 10.2 Å². The Kier molecular flexibility index (Phi) is 4.85. The second-order valence-electron chi connectivity index (χ2n) is 6.78. The van der Waals surface area contributed by atoms with Gasteiger partial charge in [0.25, 0.3) is 0 Å². The molecular formula is C20H18ClN3O2S. The van der Waals surface area contributed by atoms with Gasteiger partial charge in [-0.15, -0.1) is 0 Å². The first kappa shape index (κ1) is 17.9. The summed E-state index contributed by atoms with van der Waals surface area (Å²) < 4.78 is 0.918. The van der Waals surface area contributed by atoms with Gasteiger partial charge >= 0.3 is 0 Å². The van der Waals surface area contributed by atoms with Crippen LogP contribution < -0.4 is 5.32 Å². The zero-order chi connectivity index (χ0) is 19.0.